The minimum Gasteiger partial charge on any atom is -0.376 e. The molecule has 2 aromatic carbocycles. The van der Waals surface area contributed by atoms with E-state index in [0.29, 0.717) is 0 Å². The highest BCUT2D eigenvalue weighted by Gasteiger charge is 2.37. The summed E-state index contributed by atoms with van der Waals surface area (Å²) in [5.74, 6) is 6.30. The minimum absolute atomic E-state index is 0.0174. The molecular formula is C22H25NO. The van der Waals surface area contributed by atoms with Crippen molar-refractivity contribution in [3.8, 4) is 11.8 Å². The summed E-state index contributed by atoms with van der Waals surface area (Å²) < 4.78 is 0. The highest BCUT2D eigenvalue weighted by molar-refractivity contribution is 5.37. The second-order valence-electron chi connectivity index (χ2n) is 6.71. The van der Waals surface area contributed by atoms with Gasteiger partial charge < -0.3 is 10.4 Å². The number of hydrogen-bond acceptors (Lipinski definition) is 2. The fourth-order valence-corrected chi connectivity index (χ4v) is 3.23. The van der Waals surface area contributed by atoms with Crippen LogP contribution in [0, 0.1) is 18.8 Å². The number of benzene rings is 2. The van der Waals surface area contributed by atoms with Crippen LogP contribution in [0.5, 0.6) is 0 Å². The van der Waals surface area contributed by atoms with E-state index in [2.05, 4.69) is 48.3 Å². The maximum absolute atomic E-state index is 11.1. The van der Waals surface area contributed by atoms with Crippen molar-refractivity contribution >= 4 is 0 Å². The molecule has 0 heterocycles. The van der Waals surface area contributed by atoms with Crippen LogP contribution < -0.4 is 5.32 Å². The molecule has 0 bridgehead atoms. The summed E-state index contributed by atoms with van der Waals surface area (Å²) in [6, 6.07) is 18.4. The molecule has 0 amide bonds. The maximum Gasteiger partial charge on any atom is 0.141 e. The fraction of sp³-hybridized carbons (Fsp3) is 0.364. The lowest BCUT2D eigenvalue weighted by molar-refractivity contribution is 0.0254. The van der Waals surface area contributed by atoms with Gasteiger partial charge in [0.25, 0.3) is 0 Å². The molecule has 2 N–H and O–H groups in total. The quantitative estimate of drug-likeness (QED) is 0.843. The standard InChI is InChI=1S/C22H25NO/c1-18-10-12-20(13-11-18)17-23-21-9-5-6-15-22(21,24)16-14-19-7-3-2-4-8-19/h2-4,7-8,10-13,21,23-24H,5-6,9,15,17H2,1H3/t21-,22+/m0/s1. The first-order valence-electron chi connectivity index (χ1n) is 8.75. The van der Waals surface area contributed by atoms with Gasteiger partial charge in [-0.15, -0.1) is 0 Å². The van der Waals surface area contributed by atoms with Gasteiger partial charge in [0.2, 0.25) is 0 Å². The Balaban J connectivity index is 1.70. The van der Waals surface area contributed by atoms with E-state index < -0.39 is 5.60 Å². The van der Waals surface area contributed by atoms with Crippen molar-refractivity contribution in [2.24, 2.45) is 0 Å². The molecule has 2 atom stereocenters. The van der Waals surface area contributed by atoms with E-state index in [1.165, 1.54) is 11.1 Å². The van der Waals surface area contributed by atoms with Gasteiger partial charge in [0.05, 0.1) is 0 Å². The van der Waals surface area contributed by atoms with Crippen molar-refractivity contribution in [3.63, 3.8) is 0 Å². The first-order valence-corrected chi connectivity index (χ1v) is 8.75. The average Bonchev–Trinajstić information content (AvgIpc) is 2.62. The van der Waals surface area contributed by atoms with Gasteiger partial charge in [-0.2, -0.15) is 0 Å². The lowest BCUT2D eigenvalue weighted by Crippen LogP contribution is -2.51. The van der Waals surface area contributed by atoms with Crippen molar-refractivity contribution < 1.29 is 5.11 Å². The second kappa shape index (κ2) is 7.66. The van der Waals surface area contributed by atoms with Crippen LogP contribution in [0.25, 0.3) is 0 Å². The van der Waals surface area contributed by atoms with Gasteiger partial charge in [0, 0.05) is 18.2 Å². The van der Waals surface area contributed by atoms with Crippen LogP contribution in [-0.2, 0) is 6.54 Å². The number of nitrogens with one attached hydrogen (secondary N) is 1. The Morgan fingerprint density at radius 3 is 2.58 bits per heavy atom. The summed E-state index contributed by atoms with van der Waals surface area (Å²) >= 11 is 0. The summed E-state index contributed by atoms with van der Waals surface area (Å²) in [4.78, 5) is 0. The average molecular weight is 319 g/mol. The molecule has 0 aromatic heterocycles. The summed E-state index contributed by atoms with van der Waals surface area (Å²) in [5.41, 5.74) is 2.51. The Bertz CT molecular complexity index is 711. The second-order valence-corrected chi connectivity index (χ2v) is 6.71. The van der Waals surface area contributed by atoms with E-state index in [9.17, 15) is 5.11 Å². The van der Waals surface area contributed by atoms with Crippen LogP contribution >= 0.6 is 0 Å². The van der Waals surface area contributed by atoms with Crippen LogP contribution in [0.1, 0.15) is 42.4 Å². The molecule has 0 radical (unpaired) electrons. The predicted molar refractivity (Wildman–Crippen MR) is 98.5 cm³/mol. The Morgan fingerprint density at radius 1 is 1.08 bits per heavy atom. The van der Waals surface area contributed by atoms with E-state index in [0.717, 1.165) is 37.8 Å². The molecule has 0 unspecified atom stereocenters. The molecule has 1 saturated carbocycles. The first kappa shape index (κ1) is 16.8. The summed E-state index contributed by atoms with van der Waals surface area (Å²) in [6.45, 7) is 2.86. The zero-order valence-corrected chi connectivity index (χ0v) is 14.3. The van der Waals surface area contributed by atoms with E-state index in [-0.39, 0.29) is 6.04 Å². The van der Waals surface area contributed by atoms with Crippen molar-refractivity contribution in [1.82, 2.24) is 5.32 Å². The molecule has 2 nitrogen and oxygen atoms in total. The highest BCUT2D eigenvalue weighted by atomic mass is 16.3. The highest BCUT2D eigenvalue weighted by Crippen LogP contribution is 2.28. The molecule has 2 heteroatoms. The van der Waals surface area contributed by atoms with Gasteiger partial charge in [0.1, 0.15) is 5.60 Å². The third-order valence-corrected chi connectivity index (χ3v) is 4.75. The normalized spacial score (nSPS) is 23.3. The van der Waals surface area contributed by atoms with Gasteiger partial charge >= 0.3 is 0 Å². The van der Waals surface area contributed by atoms with E-state index in [1.807, 2.05) is 30.3 Å². The topological polar surface area (TPSA) is 32.3 Å². The van der Waals surface area contributed by atoms with Crippen molar-refractivity contribution in [2.45, 2.75) is 50.8 Å². The summed E-state index contributed by atoms with van der Waals surface area (Å²) in [6.07, 6.45) is 3.87. The van der Waals surface area contributed by atoms with Crippen molar-refractivity contribution in [2.75, 3.05) is 0 Å². The third-order valence-electron chi connectivity index (χ3n) is 4.75. The lowest BCUT2D eigenvalue weighted by Gasteiger charge is -2.36. The van der Waals surface area contributed by atoms with Gasteiger partial charge in [-0.1, -0.05) is 66.3 Å². The summed E-state index contributed by atoms with van der Waals surface area (Å²) in [5, 5.41) is 14.6. The number of rotatable bonds is 3. The molecule has 1 aliphatic rings. The SMILES string of the molecule is Cc1ccc(CN[C@H]2CCCC[C@@]2(O)C#Cc2ccccc2)cc1. The van der Waals surface area contributed by atoms with Gasteiger partial charge in [-0.25, -0.2) is 0 Å². The molecule has 0 aliphatic heterocycles. The van der Waals surface area contributed by atoms with Crippen LogP contribution in [-0.4, -0.2) is 16.7 Å². The van der Waals surface area contributed by atoms with Crippen LogP contribution in [0.15, 0.2) is 54.6 Å². The third kappa shape index (κ3) is 4.26. The molecule has 3 rings (SSSR count). The fourth-order valence-electron chi connectivity index (χ4n) is 3.23. The zero-order chi connectivity index (χ0) is 16.8. The molecule has 24 heavy (non-hydrogen) atoms. The smallest absolute Gasteiger partial charge is 0.141 e. The Kier molecular flexibility index (Phi) is 5.35. The van der Waals surface area contributed by atoms with E-state index in [1.54, 1.807) is 0 Å². The van der Waals surface area contributed by atoms with Gasteiger partial charge in [-0.05, 0) is 43.9 Å². The lowest BCUT2D eigenvalue weighted by atomic mass is 9.80. The Morgan fingerprint density at radius 2 is 1.83 bits per heavy atom. The molecule has 1 aliphatic carbocycles. The molecular weight excluding hydrogens is 294 g/mol. The van der Waals surface area contributed by atoms with E-state index >= 15 is 0 Å². The predicted octanol–water partition coefficient (Wildman–Crippen LogP) is 3.81. The monoisotopic (exact) mass is 319 g/mol. The van der Waals surface area contributed by atoms with Crippen LogP contribution in [0.2, 0.25) is 0 Å². The Hall–Kier alpha value is -2.08. The molecule has 124 valence electrons. The van der Waals surface area contributed by atoms with Crippen LogP contribution in [0.3, 0.4) is 0 Å². The summed E-state index contributed by atoms with van der Waals surface area (Å²) in [7, 11) is 0. The number of aliphatic hydroxyl groups is 1. The minimum atomic E-state index is -0.946. The van der Waals surface area contributed by atoms with Gasteiger partial charge in [0.15, 0.2) is 0 Å². The molecule has 0 spiro atoms. The number of hydrogen-bond donors (Lipinski definition) is 2. The zero-order valence-electron chi connectivity index (χ0n) is 14.3. The molecule has 1 fully saturated rings. The maximum atomic E-state index is 11.1. The van der Waals surface area contributed by atoms with Crippen LogP contribution in [0.4, 0.5) is 0 Å². The molecule has 0 saturated heterocycles. The number of aryl methyl sites for hydroxylation is 1. The van der Waals surface area contributed by atoms with E-state index in [4.69, 9.17) is 0 Å². The van der Waals surface area contributed by atoms with Crippen molar-refractivity contribution in [3.05, 3.63) is 71.3 Å². The van der Waals surface area contributed by atoms with Gasteiger partial charge in [-0.3, -0.25) is 0 Å². The molecule has 2 aromatic rings. The largest absolute Gasteiger partial charge is 0.376 e. The first-order chi connectivity index (χ1) is 11.7. The van der Waals surface area contributed by atoms with Crippen molar-refractivity contribution in [1.29, 1.82) is 0 Å². The Labute approximate surface area is 144 Å².